The number of aromatic nitrogens is 2. The zero-order valence-corrected chi connectivity index (χ0v) is 19.9. The second-order valence-electron chi connectivity index (χ2n) is 7.91. The molecule has 0 aliphatic heterocycles. The van der Waals surface area contributed by atoms with E-state index in [1.165, 1.54) is 36.6 Å². The number of rotatable bonds is 6. The molecule has 180 valence electrons. The molecule has 0 unspecified atom stereocenters. The van der Waals surface area contributed by atoms with Crippen LogP contribution in [-0.4, -0.2) is 15.2 Å². The van der Waals surface area contributed by atoms with Gasteiger partial charge in [-0.3, -0.25) is 19.2 Å². The van der Waals surface area contributed by atoms with Gasteiger partial charge < -0.3 is 4.84 Å². The van der Waals surface area contributed by atoms with Gasteiger partial charge in [-0.25, -0.2) is 14.0 Å². The van der Waals surface area contributed by atoms with Crippen LogP contribution >= 0.6 is 11.3 Å². The number of nitrogens with zero attached hydrogens (tertiary/aromatic N) is 2. The Bertz CT molecular complexity index is 1570. The van der Waals surface area contributed by atoms with Gasteiger partial charge in [0.15, 0.2) is 0 Å². The van der Waals surface area contributed by atoms with Crippen molar-refractivity contribution in [3.63, 3.8) is 0 Å². The van der Waals surface area contributed by atoms with Crippen LogP contribution in [0.25, 0.3) is 27.0 Å². The van der Waals surface area contributed by atoms with Crippen LogP contribution in [0.3, 0.4) is 0 Å². The lowest BCUT2D eigenvalue weighted by atomic mass is 9.97. The lowest BCUT2D eigenvalue weighted by molar-refractivity contribution is 0.152. The Balaban J connectivity index is 1.71. The van der Waals surface area contributed by atoms with E-state index in [2.05, 4.69) is 16.7 Å². The average Bonchev–Trinajstić information content (AvgIpc) is 3.30. The molecule has 0 aliphatic rings. The van der Waals surface area contributed by atoms with Gasteiger partial charge in [0.1, 0.15) is 10.6 Å². The molecule has 2 heterocycles. The predicted octanol–water partition coefficient (Wildman–Crippen LogP) is 3.75. The van der Waals surface area contributed by atoms with Crippen LogP contribution in [0, 0.1) is 5.82 Å². The number of amides is 1. The van der Waals surface area contributed by atoms with Crippen molar-refractivity contribution < 1.29 is 14.0 Å². The first-order valence-corrected chi connectivity index (χ1v) is 11.5. The smallest absolute Gasteiger partial charge is 0.357 e. The van der Waals surface area contributed by atoms with Gasteiger partial charge in [-0.1, -0.05) is 37.8 Å². The summed E-state index contributed by atoms with van der Waals surface area (Å²) in [6, 6.07) is 13.2. The Hall–Kier alpha value is -4.02. The lowest BCUT2D eigenvalue weighted by Crippen LogP contribution is -2.37. The number of fused-ring (bicyclic) bond motifs is 1. The molecule has 2 aromatic carbocycles. The van der Waals surface area contributed by atoms with Crippen molar-refractivity contribution in [2.24, 2.45) is 12.9 Å². The predicted molar refractivity (Wildman–Crippen MR) is 134 cm³/mol. The molecule has 4 rings (SSSR count). The molecule has 3 N–H and O–H groups in total. The molecule has 0 saturated heterocycles. The summed E-state index contributed by atoms with van der Waals surface area (Å²) in [5.41, 5.74) is 2.00. The van der Waals surface area contributed by atoms with Crippen LogP contribution in [0.15, 0.2) is 64.7 Å². The average molecular weight is 495 g/mol. The second kappa shape index (κ2) is 9.69. The van der Waals surface area contributed by atoms with Crippen molar-refractivity contribution >= 4 is 33.3 Å². The lowest BCUT2D eigenvalue weighted by Gasteiger charge is -2.14. The molecule has 35 heavy (non-hydrogen) atoms. The molecule has 4 aromatic rings. The van der Waals surface area contributed by atoms with Crippen molar-refractivity contribution in [2.75, 3.05) is 0 Å². The minimum atomic E-state index is -0.894. The number of nitrogens with one attached hydrogen (secondary N) is 1. The Morgan fingerprint density at radius 2 is 1.89 bits per heavy atom. The van der Waals surface area contributed by atoms with E-state index in [1.807, 2.05) is 25.1 Å². The molecule has 8 nitrogen and oxygen atoms in total. The Morgan fingerprint density at radius 3 is 2.54 bits per heavy atom. The van der Waals surface area contributed by atoms with Crippen molar-refractivity contribution in [2.45, 2.75) is 19.9 Å². The first-order valence-electron chi connectivity index (χ1n) is 10.7. The minimum absolute atomic E-state index is 0.197. The van der Waals surface area contributed by atoms with Gasteiger partial charge in [-0.15, -0.1) is 11.3 Å². The summed E-state index contributed by atoms with van der Waals surface area (Å²) >= 11 is 1.44. The van der Waals surface area contributed by atoms with Crippen LogP contribution < -0.4 is 22.5 Å². The van der Waals surface area contributed by atoms with Crippen LogP contribution in [0.5, 0.6) is 0 Å². The highest BCUT2D eigenvalue weighted by Crippen LogP contribution is 2.29. The SMILES string of the molecule is C=C(NC(=O)ON)c1ccc(F)cc1-c1ccc(Cn2c(=O)n(C)c(=O)c3cc(CC)sc32)cc1. The maximum atomic E-state index is 14.1. The van der Waals surface area contributed by atoms with Crippen LogP contribution in [-0.2, 0) is 24.9 Å². The summed E-state index contributed by atoms with van der Waals surface area (Å²) in [6.07, 6.45) is -0.126. The summed E-state index contributed by atoms with van der Waals surface area (Å²) in [5.74, 6) is 4.42. The molecule has 0 atom stereocenters. The molecule has 0 bridgehead atoms. The van der Waals surface area contributed by atoms with Gasteiger partial charge >= 0.3 is 11.8 Å². The fraction of sp³-hybridized carbons (Fsp3) is 0.160. The number of nitrogens with two attached hydrogens (primary N) is 1. The van der Waals surface area contributed by atoms with E-state index in [9.17, 15) is 18.8 Å². The Morgan fingerprint density at radius 1 is 1.17 bits per heavy atom. The monoisotopic (exact) mass is 494 g/mol. The molecule has 1 amide bonds. The van der Waals surface area contributed by atoms with Gasteiger partial charge in [0.05, 0.1) is 11.9 Å². The zero-order chi connectivity index (χ0) is 25.3. The third-order valence-electron chi connectivity index (χ3n) is 5.68. The van der Waals surface area contributed by atoms with Crippen molar-refractivity contribution in [1.82, 2.24) is 14.5 Å². The fourth-order valence-corrected chi connectivity index (χ4v) is 4.92. The first-order chi connectivity index (χ1) is 16.7. The van der Waals surface area contributed by atoms with E-state index in [0.717, 1.165) is 21.4 Å². The molecular formula is C25H23FN4O4S. The van der Waals surface area contributed by atoms with Crippen molar-refractivity contribution in [1.29, 1.82) is 0 Å². The van der Waals surface area contributed by atoms with Gasteiger partial charge in [0, 0.05) is 23.2 Å². The van der Waals surface area contributed by atoms with Gasteiger partial charge in [0.2, 0.25) is 0 Å². The molecule has 10 heteroatoms. The number of carbonyl (C=O) groups is 1. The Kier molecular flexibility index (Phi) is 6.68. The highest BCUT2D eigenvalue weighted by atomic mass is 32.1. The number of thiophene rings is 1. The summed E-state index contributed by atoms with van der Waals surface area (Å²) in [6.45, 7) is 6.07. The molecular weight excluding hydrogens is 471 g/mol. The standard InChI is InChI=1S/C25H23FN4O4S/c1-4-18-12-21-22(31)29(3)25(33)30(23(21)35-18)13-15-5-7-16(8-6-15)20-11-17(26)9-10-19(20)14(2)28-24(32)34-27/h5-12H,2,4,13,27H2,1,3H3,(H,28,32). The number of halogens is 1. The third-order valence-corrected chi connectivity index (χ3v) is 6.98. The van der Waals surface area contributed by atoms with Gasteiger partial charge in [-0.2, -0.15) is 5.90 Å². The highest BCUT2D eigenvalue weighted by Gasteiger charge is 2.16. The largest absolute Gasteiger partial charge is 0.430 e. The minimum Gasteiger partial charge on any atom is -0.357 e. The van der Waals surface area contributed by atoms with Crippen LogP contribution in [0.2, 0.25) is 0 Å². The number of aryl methyl sites for hydroxylation is 1. The zero-order valence-electron chi connectivity index (χ0n) is 19.1. The van der Waals surface area contributed by atoms with Crippen molar-refractivity contribution in [3.8, 4) is 11.1 Å². The van der Waals surface area contributed by atoms with Crippen LogP contribution in [0.1, 0.15) is 22.9 Å². The first kappa shape index (κ1) is 24.1. The number of hydrogen-bond donors (Lipinski definition) is 2. The van der Waals surface area contributed by atoms with E-state index >= 15 is 0 Å². The van der Waals surface area contributed by atoms with E-state index in [1.54, 1.807) is 16.7 Å². The maximum Gasteiger partial charge on any atom is 0.430 e. The summed E-state index contributed by atoms with van der Waals surface area (Å²) in [5, 5.41) is 2.92. The quantitative estimate of drug-likeness (QED) is 0.397. The normalized spacial score (nSPS) is 11.0. The number of hydrogen-bond acceptors (Lipinski definition) is 6. The highest BCUT2D eigenvalue weighted by molar-refractivity contribution is 7.18. The Labute approximate surface area is 203 Å². The summed E-state index contributed by atoms with van der Waals surface area (Å²) in [4.78, 5) is 42.7. The van der Waals surface area contributed by atoms with E-state index in [0.29, 0.717) is 26.9 Å². The fourth-order valence-electron chi connectivity index (χ4n) is 3.84. The maximum absolute atomic E-state index is 14.1. The summed E-state index contributed by atoms with van der Waals surface area (Å²) in [7, 11) is 1.47. The topological polar surface area (TPSA) is 108 Å². The van der Waals surface area contributed by atoms with E-state index in [-0.39, 0.29) is 17.8 Å². The second-order valence-corrected chi connectivity index (χ2v) is 9.03. The van der Waals surface area contributed by atoms with E-state index in [4.69, 9.17) is 5.90 Å². The molecule has 0 spiro atoms. The molecule has 0 fully saturated rings. The molecule has 0 aliphatic carbocycles. The summed E-state index contributed by atoms with van der Waals surface area (Å²) < 4.78 is 16.8. The number of carbonyl (C=O) groups excluding carboxylic acids is 1. The third kappa shape index (κ3) is 4.66. The molecule has 0 radical (unpaired) electrons. The molecule has 2 aromatic heterocycles. The van der Waals surface area contributed by atoms with Crippen LogP contribution in [0.4, 0.5) is 9.18 Å². The van der Waals surface area contributed by atoms with Gasteiger partial charge in [0.25, 0.3) is 5.56 Å². The van der Waals surface area contributed by atoms with Gasteiger partial charge in [-0.05, 0) is 47.4 Å². The van der Waals surface area contributed by atoms with Crippen molar-refractivity contribution in [3.05, 3.63) is 97.8 Å². The van der Waals surface area contributed by atoms with E-state index < -0.39 is 17.6 Å². The number of benzene rings is 2. The molecule has 0 saturated carbocycles.